The summed E-state index contributed by atoms with van der Waals surface area (Å²) in [6.07, 6.45) is 1.71. The summed E-state index contributed by atoms with van der Waals surface area (Å²) < 4.78 is 7.73. The van der Waals surface area contributed by atoms with E-state index in [1.165, 1.54) is 5.56 Å². The first-order valence-electron chi connectivity index (χ1n) is 10.9. The van der Waals surface area contributed by atoms with Crippen molar-refractivity contribution in [1.82, 2.24) is 10.3 Å². The van der Waals surface area contributed by atoms with Gasteiger partial charge in [-0.15, -0.1) is 0 Å². The van der Waals surface area contributed by atoms with Crippen LogP contribution in [0, 0.1) is 5.92 Å². The molecule has 1 atom stereocenters. The minimum absolute atomic E-state index is 0.0762. The number of anilines is 1. The molecule has 3 aromatic rings. The van der Waals surface area contributed by atoms with E-state index in [2.05, 4.69) is 51.3 Å². The molecule has 0 saturated carbocycles. The van der Waals surface area contributed by atoms with Crippen molar-refractivity contribution in [3.8, 4) is 5.75 Å². The highest BCUT2D eigenvalue weighted by molar-refractivity contribution is 9.10. The zero-order valence-electron chi connectivity index (χ0n) is 17.9. The number of amides is 1. The van der Waals surface area contributed by atoms with Gasteiger partial charge in [0.2, 0.25) is 5.91 Å². The fraction of sp³-hybridized carbons (Fsp3) is 0.417. The molecular weight excluding hydrogens is 474 g/mol. The van der Waals surface area contributed by atoms with Gasteiger partial charge in [0.25, 0.3) is 0 Å². The van der Waals surface area contributed by atoms with Crippen LogP contribution in [-0.2, 0) is 4.79 Å². The Hall–Kier alpha value is -2.12. The summed E-state index contributed by atoms with van der Waals surface area (Å²) >= 11 is 5.26. The Kier molecular flexibility index (Phi) is 7.13. The van der Waals surface area contributed by atoms with Gasteiger partial charge in [-0.3, -0.25) is 4.79 Å². The lowest BCUT2D eigenvalue weighted by molar-refractivity contribution is -0.125. The molecule has 1 saturated heterocycles. The number of aromatic nitrogens is 1. The van der Waals surface area contributed by atoms with Gasteiger partial charge < -0.3 is 15.0 Å². The average molecular weight is 502 g/mol. The Bertz CT molecular complexity index is 1030. The highest BCUT2D eigenvalue weighted by atomic mass is 79.9. The van der Waals surface area contributed by atoms with Crippen molar-refractivity contribution in [2.45, 2.75) is 32.6 Å². The molecule has 31 heavy (non-hydrogen) atoms. The molecule has 1 unspecified atom stereocenters. The number of piperidine rings is 1. The number of fused-ring (bicyclic) bond motifs is 1. The number of hydrogen-bond donors (Lipinski definition) is 1. The van der Waals surface area contributed by atoms with E-state index < -0.39 is 0 Å². The van der Waals surface area contributed by atoms with Gasteiger partial charge in [0.05, 0.1) is 21.3 Å². The number of benzene rings is 2. The predicted octanol–water partition coefficient (Wildman–Crippen LogP) is 5.59. The Morgan fingerprint density at radius 2 is 2.03 bits per heavy atom. The predicted molar refractivity (Wildman–Crippen MR) is 131 cm³/mol. The third-order valence-corrected chi connectivity index (χ3v) is 7.52. The Labute approximate surface area is 195 Å². The highest BCUT2D eigenvalue weighted by Crippen LogP contribution is 2.37. The number of halogens is 1. The van der Waals surface area contributed by atoms with Crippen molar-refractivity contribution in [3.05, 3.63) is 52.5 Å². The van der Waals surface area contributed by atoms with E-state index in [1.807, 2.05) is 31.2 Å². The average Bonchev–Trinajstić information content (AvgIpc) is 3.21. The summed E-state index contributed by atoms with van der Waals surface area (Å²) in [7, 11) is 0. The number of thiazole rings is 1. The largest absolute Gasteiger partial charge is 0.493 e. The van der Waals surface area contributed by atoms with Crippen LogP contribution in [0.2, 0.25) is 0 Å². The summed E-state index contributed by atoms with van der Waals surface area (Å²) in [5.41, 5.74) is 2.23. The topological polar surface area (TPSA) is 54.5 Å². The molecule has 1 aliphatic heterocycles. The second-order valence-corrected chi connectivity index (χ2v) is 9.86. The van der Waals surface area contributed by atoms with Gasteiger partial charge in [-0.2, -0.15) is 0 Å². The molecule has 1 fully saturated rings. The fourth-order valence-electron chi connectivity index (χ4n) is 3.95. The van der Waals surface area contributed by atoms with Crippen molar-refractivity contribution < 1.29 is 9.53 Å². The summed E-state index contributed by atoms with van der Waals surface area (Å²) in [5.74, 6) is 1.42. The lowest BCUT2D eigenvalue weighted by atomic mass is 9.95. The fourth-order valence-corrected chi connectivity index (χ4v) is 5.42. The van der Waals surface area contributed by atoms with E-state index in [4.69, 9.17) is 9.72 Å². The Morgan fingerprint density at radius 1 is 1.29 bits per heavy atom. The van der Waals surface area contributed by atoms with E-state index >= 15 is 0 Å². The quantitative estimate of drug-likeness (QED) is 0.458. The molecule has 0 spiro atoms. The van der Waals surface area contributed by atoms with E-state index in [9.17, 15) is 4.79 Å². The van der Waals surface area contributed by atoms with Crippen LogP contribution in [0.15, 0.2) is 46.9 Å². The van der Waals surface area contributed by atoms with Crippen LogP contribution in [0.3, 0.4) is 0 Å². The number of carbonyl (C=O) groups is 1. The van der Waals surface area contributed by atoms with Crippen LogP contribution in [0.5, 0.6) is 5.75 Å². The number of rotatable bonds is 7. The summed E-state index contributed by atoms with van der Waals surface area (Å²) in [5, 5.41) is 4.18. The minimum atomic E-state index is 0.0762. The number of nitrogens with zero attached hydrogens (tertiary/aromatic N) is 2. The maximum absolute atomic E-state index is 12.7. The molecule has 0 aliphatic carbocycles. The van der Waals surface area contributed by atoms with Crippen LogP contribution < -0.4 is 15.0 Å². The number of hydrogen-bond acceptors (Lipinski definition) is 5. The van der Waals surface area contributed by atoms with Gasteiger partial charge in [0.1, 0.15) is 5.75 Å². The van der Waals surface area contributed by atoms with Crippen LogP contribution in [0.25, 0.3) is 10.2 Å². The van der Waals surface area contributed by atoms with Crippen LogP contribution >= 0.6 is 27.3 Å². The first-order chi connectivity index (χ1) is 15.0. The minimum Gasteiger partial charge on any atom is -0.493 e. The molecule has 1 aliphatic rings. The molecule has 2 heterocycles. The van der Waals surface area contributed by atoms with Crippen molar-refractivity contribution in [2.75, 3.05) is 31.1 Å². The lowest BCUT2D eigenvalue weighted by Gasteiger charge is -2.31. The molecule has 7 heteroatoms. The van der Waals surface area contributed by atoms with Gasteiger partial charge in [-0.05, 0) is 53.2 Å². The monoisotopic (exact) mass is 501 g/mol. The van der Waals surface area contributed by atoms with Gasteiger partial charge in [0.15, 0.2) is 5.13 Å². The molecule has 0 bridgehead atoms. The highest BCUT2D eigenvalue weighted by Gasteiger charge is 2.26. The van der Waals surface area contributed by atoms with Crippen LogP contribution in [-0.4, -0.2) is 37.1 Å². The summed E-state index contributed by atoms with van der Waals surface area (Å²) in [6, 6.07) is 14.4. The summed E-state index contributed by atoms with van der Waals surface area (Å²) in [6.45, 7) is 7.16. The summed E-state index contributed by atoms with van der Waals surface area (Å²) in [4.78, 5) is 19.8. The maximum Gasteiger partial charge on any atom is 0.223 e. The second-order valence-electron chi connectivity index (χ2n) is 8.00. The van der Waals surface area contributed by atoms with E-state index in [0.717, 1.165) is 51.5 Å². The van der Waals surface area contributed by atoms with Crippen LogP contribution in [0.1, 0.15) is 38.2 Å². The third-order valence-electron chi connectivity index (χ3n) is 5.82. The number of nitrogens with one attached hydrogen (secondary N) is 1. The number of carbonyl (C=O) groups excluding carboxylic acids is 1. The second kappa shape index (κ2) is 10.0. The smallest absolute Gasteiger partial charge is 0.223 e. The first kappa shape index (κ1) is 22.1. The normalized spacial score (nSPS) is 15.8. The van der Waals surface area contributed by atoms with Gasteiger partial charge in [0, 0.05) is 31.6 Å². The van der Waals surface area contributed by atoms with Crippen LogP contribution in [0.4, 0.5) is 5.13 Å². The van der Waals surface area contributed by atoms with Gasteiger partial charge in [-0.1, -0.05) is 48.6 Å². The third kappa shape index (κ3) is 5.21. The molecule has 5 nitrogen and oxygen atoms in total. The molecule has 2 aromatic carbocycles. The van der Waals surface area contributed by atoms with Gasteiger partial charge in [-0.25, -0.2) is 4.98 Å². The SMILES string of the molecule is CCOc1cc2sc(N3CCC(C(=O)NCC(C)c4ccccc4)CC3)nc2cc1Br. The van der Waals surface area contributed by atoms with Crippen molar-refractivity contribution in [2.24, 2.45) is 5.92 Å². The van der Waals surface area contributed by atoms with E-state index in [1.54, 1.807) is 11.3 Å². The zero-order valence-corrected chi connectivity index (χ0v) is 20.3. The molecule has 1 amide bonds. The van der Waals surface area contributed by atoms with Gasteiger partial charge >= 0.3 is 0 Å². The van der Waals surface area contributed by atoms with Crippen molar-refractivity contribution >= 4 is 48.5 Å². The first-order valence-corrected chi connectivity index (χ1v) is 12.5. The molecular formula is C24H28BrN3O2S. The van der Waals surface area contributed by atoms with E-state index in [-0.39, 0.29) is 11.8 Å². The van der Waals surface area contributed by atoms with Crippen molar-refractivity contribution in [1.29, 1.82) is 0 Å². The molecule has 0 radical (unpaired) electrons. The van der Waals surface area contributed by atoms with E-state index in [0.29, 0.717) is 19.1 Å². The molecule has 1 N–H and O–H groups in total. The molecule has 1 aromatic heterocycles. The standard InChI is InChI=1S/C24H28BrN3O2S/c1-3-30-21-14-22-20(13-19(21)25)27-24(31-22)28-11-9-18(10-12-28)23(29)26-15-16(2)17-7-5-4-6-8-17/h4-8,13-14,16,18H,3,9-12,15H2,1-2H3,(H,26,29). The lowest BCUT2D eigenvalue weighted by Crippen LogP contribution is -2.41. The Balaban J connectivity index is 1.32. The molecule has 164 valence electrons. The molecule has 4 rings (SSSR count). The van der Waals surface area contributed by atoms with Crippen molar-refractivity contribution in [3.63, 3.8) is 0 Å². The Morgan fingerprint density at radius 3 is 2.74 bits per heavy atom. The zero-order chi connectivity index (χ0) is 21.8. The number of ether oxygens (including phenoxy) is 1. The maximum atomic E-state index is 12.7.